The maximum Gasteiger partial charge on any atom is -0.00203 e. The molecule has 0 heterocycles. The monoisotopic (exact) mass is 379 g/mol. The number of hydrogen-bond acceptors (Lipinski definition) is 0. The van der Waals surface area contributed by atoms with E-state index in [1.54, 1.807) is 0 Å². The van der Waals surface area contributed by atoms with E-state index in [4.69, 9.17) is 0 Å². The van der Waals surface area contributed by atoms with Crippen LogP contribution in [-0.2, 0) is 0 Å². The summed E-state index contributed by atoms with van der Waals surface area (Å²) in [6.07, 6.45) is 0. The van der Waals surface area contributed by atoms with E-state index in [9.17, 15) is 0 Å². The fraction of sp³-hybridized carbons (Fsp3) is 0. The molecule has 0 N–H and O–H groups in total. The van der Waals surface area contributed by atoms with E-state index in [-0.39, 0.29) is 0 Å². The van der Waals surface area contributed by atoms with Crippen LogP contribution in [0.5, 0.6) is 0 Å². The first-order valence-electron chi connectivity index (χ1n) is 10.3. The van der Waals surface area contributed by atoms with Crippen molar-refractivity contribution in [3.05, 3.63) is 121 Å². The van der Waals surface area contributed by atoms with Crippen LogP contribution in [0.25, 0.3) is 54.6 Å². The summed E-state index contributed by atoms with van der Waals surface area (Å²) in [4.78, 5) is 0. The molecule has 139 valence electrons. The first kappa shape index (κ1) is 17.0. The second-order valence-electron chi connectivity index (χ2n) is 7.75. The van der Waals surface area contributed by atoms with Crippen molar-refractivity contribution >= 4 is 32.3 Å². The fourth-order valence-electron chi connectivity index (χ4n) is 4.44. The van der Waals surface area contributed by atoms with Gasteiger partial charge in [0.2, 0.25) is 0 Å². The maximum atomic E-state index is 3.56. The molecule has 0 aliphatic heterocycles. The second kappa shape index (κ2) is 6.86. The van der Waals surface area contributed by atoms with Gasteiger partial charge < -0.3 is 0 Å². The Morgan fingerprint density at radius 3 is 2.00 bits per heavy atom. The van der Waals surface area contributed by atoms with Gasteiger partial charge in [-0.15, -0.1) is 0 Å². The van der Waals surface area contributed by atoms with Crippen LogP contribution in [0.4, 0.5) is 0 Å². The first-order valence-corrected chi connectivity index (χ1v) is 10.3. The molecule has 0 saturated heterocycles. The van der Waals surface area contributed by atoms with Gasteiger partial charge in [0.1, 0.15) is 0 Å². The fourth-order valence-corrected chi connectivity index (χ4v) is 4.44. The lowest BCUT2D eigenvalue weighted by Crippen LogP contribution is -1.87. The molecular formula is C30H19. The van der Waals surface area contributed by atoms with Crippen LogP contribution < -0.4 is 0 Å². The quantitative estimate of drug-likeness (QED) is 0.266. The Bertz CT molecular complexity index is 1520. The van der Waals surface area contributed by atoms with Gasteiger partial charge in [-0.2, -0.15) is 0 Å². The lowest BCUT2D eigenvalue weighted by Gasteiger charge is -2.14. The third-order valence-corrected chi connectivity index (χ3v) is 5.92. The largest absolute Gasteiger partial charge is 0.0622 e. The summed E-state index contributed by atoms with van der Waals surface area (Å²) in [7, 11) is 0. The lowest BCUT2D eigenvalue weighted by molar-refractivity contribution is 1.64. The van der Waals surface area contributed by atoms with E-state index in [2.05, 4.69) is 121 Å². The molecule has 0 amide bonds. The smallest absolute Gasteiger partial charge is 0.00203 e. The molecule has 0 fully saturated rings. The van der Waals surface area contributed by atoms with Crippen molar-refractivity contribution in [1.82, 2.24) is 0 Å². The standard InChI is InChI=1S/C30H19/c1-2-8-21(9-3-1)24-16-17-29-27(19-24)20-25-12-6-7-13-28(25)30(29)26-15-14-22-10-4-5-11-23(22)18-26/h1-14,16-20H. The predicted octanol–water partition coefficient (Wildman–Crippen LogP) is 8.28. The molecule has 0 atom stereocenters. The van der Waals surface area contributed by atoms with Gasteiger partial charge >= 0.3 is 0 Å². The van der Waals surface area contributed by atoms with Crippen LogP contribution in [0.15, 0.2) is 115 Å². The third kappa shape index (κ3) is 2.77. The van der Waals surface area contributed by atoms with Crippen molar-refractivity contribution in [3.63, 3.8) is 0 Å². The molecule has 6 rings (SSSR count). The molecule has 0 aliphatic rings. The Balaban J connectivity index is 1.67. The molecule has 0 aliphatic carbocycles. The van der Waals surface area contributed by atoms with Crippen LogP contribution >= 0.6 is 0 Å². The van der Waals surface area contributed by atoms with Crippen molar-refractivity contribution in [2.45, 2.75) is 0 Å². The minimum atomic E-state index is 1.14. The summed E-state index contributed by atoms with van der Waals surface area (Å²) in [5.41, 5.74) is 4.88. The Morgan fingerprint density at radius 2 is 1.13 bits per heavy atom. The van der Waals surface area contributed by atoms with Crippen molar-refractivity contribution in [2.24, 2.45) is 0 Å². The third-order valence-electron chi connectivity index (χ3n) is 5.92. The molecule has 1 radical (unpaired) electrons. The van der Waals surface area contributed by atoms with E-state index >= 15 is 0 Å². The van der Waals surface area contributed by atoms with Crippen molar-refractivity contribution in [1.29, 1.82) is 0 Å². The summed E-state index contributed by atoms with van der Waals surface area (Å²) in [5, 5.41) is 7.51. The molecule has 0 unspecified atom stereocenters. The highest BCUT2D eigenvalue weighted by molar-refractivity contribution is 6.14. The van der Waals surface area contributed by atoms with Gasteiger partial charge in [0.25, 0.3) is 0 Å². The molecule has 0 heteroatoms. The molecule has 0 bridgehead atoms. The average Bonchev–Trinajstić information content (AvgIpc) is 2.82. The summed E-state index contributed by atoms with van der Waals surface area (Å²) >= 11 is 0. The van der Waals surface area contributed by atoms with E-state index in [0.717, 1.165) is 5.56 Å². The van der Waals surface area contributed by atoms with Gasteiger partial charge in [-0.1, -0.05) is 91.0 Å². The molecular weight excluding hydrogens is 360 g/mol. The van der Waals surface area contributed by atoms with Crippen LogP contribution in [0.1, 0.15) is 0 Å². The zero-order chi connectivity index (χ0) is 19.9. The highest BCUT2D eigenvalue weighted by Crippen LogP contribution is 2.38. The van der Waals surface area contributed by atoms with Gasteiger partial charge in [0.15, 0.2) is 0 Å². The van der Waals surface area contributed by atoms with Gasteiger partial charge in [-0.3, -0.25) is 0 Å². The van der Waals surface area contributed by atoms with Crippen LogP contribution in [0, 0.1) is 6.07 Å². The Kier molecular flexibility index (Phi) is 3.89. The zero-order valence-electron chi connectivity index (χ0n) is 16.5. The van der Waals surface area contributed by atoms with Crippen molar-refractivity contribution in [3.8, 4) is 22.3 Å². The Hall–Kier alpha value is -3.90. The van der Waals surface area contributed by atoms with Gasteiger partial charge in [0, 0.05) is 0 Å². The molecule has 6 aromatic carbocycles. The normalized spacial score (nSPS) is 11.3. The molecule has 6 aromatic rings. The van der Waals surface area contributed by atoms with Crippen molar-refractivity contribution in [2.75, 3.05) is 0 Å². The van der Waals surface area contributed by atoms with Crippen molar-refractivity contribution < 1.29 is 0 Å². The van der Waals surface area contributed by atoms with Gasteiger partial charge in [-0.05, 0) is 84.9 Å². The van der Waals surface area contributed by atoms with Gasteiger partial charge in [0.05, 0.1) is 0 Å². The summed E-state index contributed by atoms with van der Waals surface area (Å²) in [6, 6.07) is 44.8. The minimum Gasteiger partial charge on any atom is -0.0622 e. The van der Waals surface area contributed by atoms with Crippen LogP contribution in [0.3, 0.4) is 0 Å². The second-order valence-corrected chi connectivity index (χ2v) is 7.75. The number of benzene rings is 6. The number of hydrogen-bond donors (Lipinski definition) is 0. The summed E-state index contributed by atoms with van der Waals surface area (Å²) in [5.74, 6) is 0. The molecule has 0 spiro atoms. The molecule has 0 nitrogen and oxygen atoms in total. The van der Waals surface area contributed by atoms with Gasteiger partial charge in [-0.25, -0.2) is 0 Å². The van der Waals surface area contributed by atoms with E-state index in [0.29, 0.717) is 0 Å². The lowest BCUT2D eigenvalue weighted by atomic mass is 9.89. The van der Waals surface area contributed by atoms with E-state index in [1.165, 1.54) is 49.0 Å². The first-order chi connectivity index (χ1) is 14.9. The topological polar surface area (TPSA) is 0 Å². The predicted molar refractivity (Wildman–Crippen MR) is 129 cm³/mol. The Morgan fingerprint density at radius 1 is 0.433 bits per heavy atom. The number of fused-ring (bicyclic) bond motifs is 3. The minimum absolute atomic E-state index is 1.14. The Labute approximate surface area is 176 Å². The van der Waals surface area contributed by atoms with Crippen LogP contribution in [0.2, 0.25) is 0 Å². The maximum absolute atomic E-state index is 3.56. The van der Waals surface area contributed by atoms with Crippen LogP contribution in [-0.4, -0.2) is 0 Å². The van der Waals surface area contributed by atoms with E-state index < -0.39 is 0 Å². The average molecular weight is 379 g/mol. The van der Waals surface area contributed by atoms with E-state index in [1.807, 2.05) is 0 Å². The molecule has 0 saturated carbocycles. The highest BCUT2D eigenvalue weighted by Gasteiger charge is 2.11. The molecule has 30 heavy (non-hydrogen) atoms. The summed E-state index contributed by atoms with van der Waals surface area (Å²) in [6.45, 7) is 0. The molecule has 0 aromatic heterocycles. The number of rotatable bonds is 2. The SMILES string of the molecule is [c]1cc2ccccc2cc1-c1c2ccccc2cc2cc(-c3ccccc3)ccc12. The zero-order valence-corrected chi connectivity index (χ0v) is 16.5. The summed E-state index contributed by atoms with van der Waals surface area (Å²) < 4.78 is 0. The highest BCUT2D eigenvalue weighted by atomic mass is 14.1.